The van der Waals surface area contributed by atoms with Gasteiger partial charge in [-0.1, -0.05) is 6.92 Å². The smallest absolute Gasteiger partial charge is 0.240 e. The van der Waals surface area contributed by atoms with Crippen molar-refractivity contribution in [2.24, 2.45) is 0 Å². The molecule has 1 heterocycles. The molecule has 0 spiro atoms. The summed E-state index contributed by atoms with van der Waals surface area (Å²) in [5.74, 6) is 0.802. The lowest BCUT2D eigenvalue weighted by molar-refractivity contribution is 0.288. The normalized spacial score (nSPS) is 15.5. The first-order valence-corrected chi connectivity index (χ1v) is 8.50. The first kappa shape index (κ1) is 18.2. The van der Waals surface area contributed by atoms with E-state index in [0.29, 0.717) is 18.0 Å². The van der Waals surface area contributed by atoms with Crippen molar-refractivity contribution in [1.29, 1.82) is 0 Å². The van der Waals surface area contributed by atoms with E-state index in [-0.39, 0.29) is 18.4 Å². The Bertz CT molecular complexity index is 563. The Morgan fingerprint density at radius 2 is 2.14 bits per heavy atom. The number of fused-ring (bicyclic) bond motifs is 1. The van der Waals surface area contributed by atoms with Crippen LogP contribution in [-0.2, 0) is 16.4 Å². The zero-order valence-corrected chi connectivity index (χ0v) is 14.0. The molecule has 0 radical (unpaired) electrons. The topological polar surface area (TPSA) is 67.4 Å². The number of likely N-dealkylation sites (N-methyl/N-ethyl adjacent to an activating group) is 1. The summed E-state index contributed by atoms with van der Waals surface area (Å²) in [7, 11) is -3.45. The van der Waals surface area contributed by atoms with E-state index < -0.39 is 10.0 Å². The van der Waals surface area contributed by atoms with E-state index in [2.05, 4.69) is 10.0 Å². The first-order chi connectivity index (χ1) is 9.53. The molecule has 1 aromatic carbocycles. The molecular weight excluding hydrogens is 312 g/mol. The van der Waals surface area contributed by atoms with Crippen LogP contribution in [0.1, 0.15) is 25.8 Å². The third-order valence-corrected chi connectivity index (χ3v) is 4.74. The Morgan fingerprint density at radius 1 is 1.38 bits per heavy atom. The number of sulfonamides is 1. The molecule has 2 rings (SSSR count). The summed E-state index contributed by atoms with van der Waals surface area (Å²) >= 11 is 0. The summed E-state index contributed by atoms with van der Waals surface area (Å²) in [5.41, 5.74) is 0.971. The van der Waals surface area contributed by atoms with Gasteiger partial charge in [0, 0.05) is 12.6 Å². The van der Waals surface area contributed by atoms with Crippen molar-refractivity contribution in [1.82, 2.24) is 10.0 Å². The molecule has 1 atom stereocenters. The highest BCUT2D eigenvalue weighted by Crippen LogP contribution is 2.27. The van der Waals surface area contributed by atoms with Crippen LogP contribution in [0.3, 0.4) is 0 Å². The highest BCUT2D eigenvalue weighted by molar-refractivity contribution is 7.89. The van der Waals surface area contributed by atoms with Crippen molar-refractivity contribution < 1.29 is 13.2 Å². The summed E-state index contributed by atoms with van der Waals surface area (Å²) in [5, 5.41) is 3.17. The molecule has 21 heavy (non-hydrogen) atoms. The second-order valence-electron chi connectivity index (χ2n) is 5.03. The highest BCUT2D eigenvalue weighted by Gasteiger charge is 2.18. The molecular formula is C14H23ClN2O3S. The van der Waals surface area contributed by atoms with Gasteiger partial charge in [-0.15, -0.1) is 12.4 Å². The molecule has 0 saturated heterocycles. The molecule has 7 heteroatoms. The fourth-order valence-electron chi connectivity index (χ4n) is 2.24. The average molecular weight is 335 g/mol. The van der Waals surface area contributed by atoms with Crippen LogP contribution in [0.5, 0.6) is 5.75 Å². The van der Waals surface area contributed by atoms with Gasteiger partial charge in [0.1, 0.15) is 5.75 Å². The Labute approximate surface area is 132 Å². The number of halogens is 1. The molecule has 120 valence electrons. The van der Waals surface area contributed by atoms with Gasteiger partial charge in [-0.3, -0.25) is 0 Å². The minimum absolute atomic E-state index is 0. The van der Waals surface area contributed by atoms with Crippen molar-refractivity contribution in [3.63, 3.8) is 0 Å². The standard InChI is InChI=1S/C14H22N2O3S.ClH/c1-3-15-11(2)10-16-20(17,18)13-6-7-14-12(9-13)5-4-8-19-14;/h6-7,9,11,15-16H,3-5,8,10H2,1-2H3;1H/t11-;/m1./s1. The number of hydrogen-bond donors (Lipinski definition) is 2. The zero-order valence-electron chi connectivity index (χ0n) is 12.4. The molecule has 0 aromatic heterocycles. The molecule has 0 amide bonds. The SMILES string of the molecule is CCN[C@H](C)CNS(=O)(=O)c1ccc2c(c1)CCCO2.Cl. The number of nitrogens with one attached hydrogen (secondary N) is 2. The van der Waals surface area contributed by atoms with Crippen LogP contribution in [0, 0.1) is 0 Å². The van der Waals surface area contributed by atoms with Gasteiger partial charge in [0.05, 0.1) is 11.5 Å². The Hall–Kier alpha value is -0.820. The third kappa shape index (κ3) is 4.85. The molecule has 5 nitrogen and oxygen atoms in total. The molecule has 0 saturated carbocycles. The van der Waals surface area contributed by atoms with Gasteiger partial charge in [0.2, 0.25) is 10.0 Å². The van der Waals surface area contributed by atoms with Crippen LogP contribution < -0.4 is 14.8 Å². The van der Waals surface area contributed by atoms with E-state index in [1.807, 2.05) is 13.8 Å². The molecule has 0 fully saturated rings. The molecule has 1 aliphatic rings. The van der Waals surface area contributed by atoms with Gasteiger partial charge in [-0.05, 0) is 50.1 Å². The largest absolute Gasteiger partial charge is 0.493 e. The Balaban J connectivity index is 0.00000220. The quantitative estimate of drug-likeness (QED) is 0.831. The van der Waals surface area contributed by atoms with Gasteiger partial charge in [-0.25, -0.2) is 13.1 Å². The second-order valence-corrected chi connectivity index (χ2v) is 6.80. The summed E-state index contributed by atoms with van der Waals surface area (Å²) in [6.45, 7) is 5.85. The molecule has 2 N–H and O–H groups in total. The molecule has 0 unspecified atom stereocenters. The van der Waals surface area contributed by atoms with E-state index in [9.17, 15) is 8.42 Å². The minimum Gasteiger partial charge on any atom is -0.493 e. The summed E-state index contributed by atoms with van der Waals surface area (Å²) < 4.78 is 32.6. The van der Waals surface area contributed by atoms with E-state index in [1.165, 1.54) is 0 Å². The maximum atomic E-state index is 12.2. The molecule has 0 bridgehead atoms. The van der Waals surface area contributed by atoms with Crippen molar-refractivity contribution in [3.05, 3.63) is 23.8 Å². The molecule has 1 aromatic rings. The fraction of sp³-hybridized carbons (Fsp3) is 0.571. The number of benzene rings is 1. The number of hydrogen-bond acceptors (Lipinski definition) is 4. The van der Waals surface area contributed by atoms with Gasteiger partial charge in [-0.2, -0.15) is 0 Å². The lowest BCUT2D eigenvalue weighted by atomic mass is 10.1. The minimum atomic E-state index is -3.45. The van der Waals surface area contributed by atoms with Crippen molar-refractivity contribution in [3.8, 4) is 5.75 Å². The molecule has 1 aliphatic heterocycles. The Morgan fingerprint density at radius 3 is 2.86 bits per heavy atom. The van der Waals surface area contributed by atoms with Crippen LogP contribution >= 0.6 is 12.4 Å². The van der Waals surface area contributed by atoms with E-state index in [0.717, 1.165) is 30.7 Å². The van der Waals surface area contributed by atoms with Crippen molar-refractivity contribution in [2.75, 3.05) is 19.7 Å². The van der Waals surface area contributed by atoms with Crippen molar-refractivity contribution in [2.45, 2.75) is 37.6 Å². The van der Waals surface area contributed by atoms with Gasteiger partial charge in [0.25, 0.3) is 0 Å². The third-order valence-electron chi connectivity index (χ3n) is 3.32. The van der Waals surface area contributed by atoms with Crippen LogP contribution in [0.2, 0.25) is 0 Å². The van der Waals surface area contributed by atoms with Crippen LogP contribution in [0.25, 0.3) is 0 Å². The van der Waals surface area contributed by atoms with E-state index in [1.54, 1.807) is 18.2 Å². The monoisotopic (exact) mass is 334 g/mol. The lowest BCUT2D eigenvalue weighted by Crippen LogP contribution is -2.38. The summed E-state index contributed by atoms with van der Waals surface area (Å²) in [6, 6.07) is 5.17. The number of rotatable bonds is 6. The summed E-state index contributed by atoms with van der Waals surface area (Å²) in [6.07, 6.45) is 1.80. The Kier molecular flexibility index (Phi) is 6.93. The van der Waals surface area contributed by atoms with E-state index in [4.69, 9.17) is 4.74 Å². The predicted molar refractivity (Wildman–Crippen MR) is 85.8 cm³/mol. The summed E-state index contributed by atoms with van der Waals surface area (Å²) in [4.78, 5) is 0.311. The van der Waals surface area contributed by atoms with E-state index >= 15 is 0 Å². The van der Waals surface area contributed by atoms with Crippen LogP contribution in [0.4, 0.5) is 0 Å². The molecule has 0 aliphatic carbocycles. The van der Waals surface area contributed by atoms with Crippen LogP contribution in [0.15, 0.2) is 23.1 Å². The maximum Gasteiger partial charge on any atom is 0.240 e. The maximum absolute atomic E-state index is 12.2. The predicted octanol–water partition coefficient (Wildman–Crippen LogP) is 1.71. The van der Waals surface area contributed by atoms with Gasteiger partial charge < -0.3 is 10.1 Å². The highest BCUT2D eigenvalue weighted by atomic mass is 35.5. The van der Waals surface area contributed by atoms with Crippen LogP contribution in [-0.4, -0.2) is 34.2 Å². The van der Waals surface area contributed by atoms with Crippen molar-refractivity contribution >= 4 is 22.4 Å². The number of ether oxygens (including phenoxy) is 1. The zero-order chi connectivity index (χ0) is 14.6. The second kappa shape index (κ2) is 7.98. The first-order valence-electron chi connectivity index (χ1n) is 7.01. The average Bonchev–Trinajstić information content (AvgIpc) is 2.45. The fourth-order valence-corrected chi connectivity index (χ4v) is 3.42. The van der Waals surface area contributed by atoms with Gasteiger partial charge >= 0.3 is 0 Å². The lowest BCUT2D eigenvalue weighted by Gasteiger charge is -2.18. The number of aryl methyl sites for hydroxylation is 1. The van der Waals surface area contributed by atoms with Gasteiger partial charge in [0.15, 0.2) is 0 Å².